The van der Waals surface area contributed by atoms with Crippen LogP contribution in [-0.4, -0.2) is 26.8 Å². The van der Waals surface area contributed by atoms with E-state index in [0.717, 1.165) is 62.9 Å². The van der Waals surface area contributed by atoms with E-state index in [2.05, 4.69) is 23.5 Å². The van der Waals surface area contributed by atoms with Crippen LogP contribution in [0.5, 0.6) is 0 Å². The molecule has 0 aromatic heterocycles. The van der Waals surface area contributed by atoms with Gasteiger partial charge in [-0.3, -0.25) is 4.21 Å². The molecule has 0 saturated heterocycles. The Hall–Kier alpha value is -0.870. The van der Waals surface area contributed by atoms with E-state index in [0.29, 0.717) is 11.8 Å². The Bertz CT molecular complexity index is 455. The van der Waals surface area contributed by atoms with Crippen LogP contribution >= 0.6 is 0 Å². The number of nitrogens with zero attached hydrogens (tertiary/aromatic N) is 2. The number of hydrogen-bond donors (Lipinski definition) is 0. The molecule has 150 valence electrons. The van der Waals surface area contributed by atoms with Crippen LogP contribution in [-0.2, 0) is 10.8 Å². The van der Waals surface area contributed by atoms with Gasteiger partial charge in [-0.05, 0) is 37.5 Å². The summed E-state index contributed by atoms with van der Waals surface area (Å²) < 4.78 is 12.2. The molecule has 0 bridgehead atoms. The predicted molar refractivity (Wildman–Crippen MR) is 115 cm³/mol. The van der Waals surface area contributed by atoms with Gasteiger partial charge in [-0.1, -0.05) is 26.7 Å². The summed E-state index contributed by atoms with van der Waals surface area (Å²) in [6.45, 7) is 26.8. The molecule has 26 heavy (non-hydrogen) atoms. The Kier molecular flexibility index (Phi) is 12.1. The lowest BCUT2D eigenvalue weighted by Gasteiger charge is -2.15. The summed E-state index contributed by atoms with van der Waals surface area (Å²) in [4.78, 5) is 7.32. The highest BCUT2D eigenvalue weighted by Crippen LogP contribution is 2.22. The van der Waals surface area contributed by atoms with Crippen LogP contribution in [0.25, 0.3) is 9.69 Å². The lowest BCUT2D eigenvalue weighted by molar-refractivity contribution is 0.439. The van der Waals surface area contributed by atoms with Crippen molar-refractivity contribution in [1.29, 1.82) is 0 Å². The molecular formula is C22H40N2OS. The van der Waals surface area contributed by atoms with Crippen molar-refractivity contribution in [2.24, 2.45) is 11.8 Å². The SMILES string of the molecule is [C-]#[N+]C(C)(C)CCCC(C)CCS(=O)CCC(C)CCCC(C)(C)[N+]#[C-]. The standard InChI is InChI=1S/C22H40N2OS/c1-19(11-9-15-21(3,4)23-7)13-17-26(25)18-14-20(2)12-10-16-22(5,6)24-8/h19-20H,9-18H2,1-6H3. The van der Waals surface area contributed by atoms with E-state index in [1.54, 1.807) is 0 Å². The van der Waals surface area contributed by atoms with Gasteiger partial charge >= 0.3 is 0 Å². The van der Waals surface area contributed by atoms with Gasteiger partial charge < -0.3 is 9.69 Å². The molecule has 2 atom stereocenters. The first-order chi connectivity index (χ1) is 12.0. The monoisotopic (exact) mass is 380 g/mol. The summed E-state index contributed by atoms with van der Waals surface area (Å²) in [5, 5.41) is 0. The summed E-state index contributed by atoms with van der Waals surface area (Å²) in [5.74, 6) is 2.80. The van der Waals surface area contributed by atoms with Crippen molar-refractivity contribution in [2.75, 3.05) is 11.5 Å². The van der Waals surface area contributed by atoms with Gasteiger partial charge in [0.2, 0.25) is 11.1 Å². The molecule has 4 heteroatoms. The molecule has 0 heterocycles. The zero-order chi connectivity index (χ0) is 20.2. The van der Waals surface area contributed by atoms with Crippen LogP contribution in [0.1, 0.15) is 92.9 Å². The fraction of sp³-hybridized carbons (Fsp3) is 0.909. The van der Waals surface area contributed by atoms with E-state index in [1.807, 2.05) is 27.7 Å². The normalized spacial score (nSPS) is 15.7. The largest absolute Gasteiger partial charge is 0.311 e. The van der Waals surface area contributed by atoms with Crippen LogP contribution in [0.4, 0.5) is 0 Å². The van der Waals surface area contributed by atoms with Gasteiger partial charge in [-0.15, -0.1) is 0 Å². The predicted octanol–water partition coefficient (Wildman–Crippen LogP) is 6.52. The number of rotatable bonds is 14. The van der Waals surface area contributed by atoms with Crippen LogP contribution in [0.2, 0.25) is 0 Å². The molecule has 0 radical (unpaired) electrons. The maximum absolute atomic E-state index is 12.2. The quantitative estimate of drug-likeness (QED) is 0.315. The van der Waals surface area contributed by atoms with E-state index in [9.17, 15) is 4.21 Å². The van der Waals surface area contributed by atoms with Crippen LogP contribution in [0.3, 0.4) is 0 Å². The van der Waals surface area contributed by atoms with E-state index in [-0.39, 0.29) is 11.1 Å². The van der Waals surface area contributed by atoms with Gasteiger partial charge in [-0.25, -0.2) is 13.1 Å². The van der Waals surface area contributed by atoms with Gasteiger partial charge in [0.25, 0.3) is 0 Å². The minimum Gasteiger partial charge on any atom is -0.311 e. The average Bonchev–Trinajstić information content (AvgIpc) is 2.57. The maximum atomic E-state index is 12.2. The van der Waals surface area contributed by atoms with Gasteiger partial charge in [-0.2, -0.15) is 0 Å². The average molecular weight is 381 g/mol. The molecule has 0 aliphatic heterocycles. The lowest BCUT2D eigenvalue weighted by Crippen LogP contribution is -2.15. The molecule has 0 rings (SSSR count). The summed E-state index contributed by atoms with van der Waals surface area (Å²) in [7, 11) is -0.707. The molecule has 0 aromatic rings. The molecule has 2 unspecified atom stereocenters. The second kappa shape index (κ2) is 12.5. The Morgan fingerprint density at radius 1 is 0.769 bits per heavy atom. The zero-order valence-electron chi connectivity index (χ0n) is 17.9. The highest BCUT2D eigenvalue weighted by Gasteiger charge is 2.23. The van der Waals surface area contributed by atoms with Gasteiger partial charge in [0.15, 0.2) is 0 Å². The summed E-state index contributed by atoms with van der Waals surface area (Å²) in [6, 6.07) is 0. The topological polar surface area (TPSA) is 25.8 Å². The van der Waals surface area contributed by atoms with Crippen molar-refractivity contribution in [1.82, 2.24) is 0 Å². The van der Waals surface area contributed by atoms with Crippen molar-refractivity contribution < 1.29 is 4.21 Å². The molecule has 0 aliphatic carbocycles. The second-order valence-electron chi connectivity index (χ2n) is 9.27. The van der Waals surface area contributed by atoms with Crippen molar-refractivity contribution in [3.05, 3.63) is 22.8 Å². The Labute approximate surface area is 165 Å². The van der Waals surface area contributed by atoms with Crippen LogP contribution in [0.15, 0.2) is 0 Å². The van der Waals surface area contributed by atoms with E-state index in [1.165, 1.54) is 0 Å². The van der Waals surface area contributed by atoms with Gasteiger partial charge in [0.05, 0.1) is 0 Å². The molecule has 0 spiro atoms. The summed E-state index contributed by atoms with van der Waals surface area (Å²) in [6.07, 6.45) is 8.38. The highest BCUT2D eigenvalue weighted by atomic mass is 32.2. The molecule has 0 N–H and O–H groups in total. The smallest absolute Gasteiger partial charge is 0.227 e. The molecule has 0 aromatic carbocycles. The van der Waals surface area contributed by atoms with E-state index in [4.69, 9.17) is 13.1 Å². The van der Waals surface area contributed by atoms with Gasteiger partial charge in [0.1, 0.15) is 0 Å². The molecule has 0 saturated carbocycles. The fourth-order valence-corrected chi connectivity index (χ4v) is 4.47. The molecule has 0 amide bonds. The van der Waals surface area contributed by atoms with Crippen molar-refractivity contribution in [3.8, 4) is 0 Å². The molecule has 0 fully saturated rings. The first-order valence-corrected chi connectivity index (χ1v) is 11.6. The van der Waals surface area contributed by atoms with E-state index >= 15 is 0 Å². The highest BCUT2D eigenvalue weighted by molar-refractivity contribution is 7.84. The first-order valence-electron chi connectivity index (χ1n) is 10.1. The molecule has 3 nitrogen and oxygen atoms in total. The van der Waals surface area contributed by atoms with Crippen molar-refractivity contribution in [2.45, 2.75) is 104 Å². The second-order valence-corrected chi connectivity index (χ2v) is 11.0. The lowest BCUT2D eigenvalue weighted by atomic mass is 9.94. The summed E-state index contributed by atoms with van der Waals surface area (Å²) >= 11 is 0. The first kappa shape index (κ1) is 25.1. The minimum atomic E-state index is -0.707. The van der Waals surface area contributed by atoms with Crippen molar-refractivity contribution >= 4 is 10.8 Å². The zero-order valence-corrected chi connectivity index (χ0v) is 18.8. The third-order valence-corrected chi connectivity index (χ3v) is 6.64. The van der Waals surface area contributed by atoms with E-state index < -0.39 is 10.8 Å². The minimum absolute atomic E-state index is 0.233. The maximum Gasteiger partial charge on any atom is 0.227 e. The number of hydrogen-bond acceptors (Lipinski definition) is 1. The Morgan fingerprint density at radius 3 is 1.42 bits per heavy atom. The molecule has 0 aliphatic rings. The van der Waals surface area contributed by atoms with Crippen LogP contribution in [0, 0.1) is 25.0 Å². The third kappa shape index (κ3) is 13.3. The third-order valence-electron chi connectivity index (χ3n) is 5.25. The Morgan fingerprint density at radius 2 is 1.12 bits per heavy atom. The Balaban J connectivity index is 3.82. The van der Waals surface area contributed by atoms with Gasteiger partial charge in [0, 0.05) is 62.8 Å². The fourth-order valence-electron chi connectivity index (χ4n) is 2.93. The van der Waals surface area contributed by atoms with Crippen LogP contribution < -0.4 is 0 Å². The summed E-state index contributed by atoms with van der Waals surface area (Å²) in [5.41, 5.74) is -0.467. The molecular weight excluding hydrogens is 340 g/mol. The van der Waals surface area contributed by atoms with Crippen molar-refractivity contribution in [3.63, 3.8) is 0 Å².